The third-order valence-electron chi connectivity index (χ3n) is 5.08. The van der Waals surface area contributed by atoms with Gasteiger partial charge >= 0.3 is 0 Å². The lowest BCUT2D eigenvalue weighted by molar-refractivity contribution is 0.0947. The first-order chi connectivity index (χ1) is 14.7. The molecule has 0 spiro atoms. The predicted octanol–water partition coefficient (Wildman–Crippen LogP) is 4.78. The molecule has 1 aliphatic rings. The molecule has 1 amide bonds. The van der Waals surface area contributed by atoms with Crippen molar-refractivity contribution in [3.05, 3.63) is 81.0 Å². The Morgan fingerprint density at radius 3 is 2.83 bits per heavy atom. The topological polar surface area (TPSA) is 50.8 Å². The second-order valence-electron chi connectivity index (χ2n) is 7.04. The number of para-hydroxylation sites is 2. The molecule has 1 aromatic heterocycles. The van der Waals surface area contributed by atoms with Crippen LogP contribution in [0.1, 0.15) is 26.9 Å². The number of carbonyl (C=O) groups is 1. The van der Waals surface area contributed by atoms with Gasteiger partial charge in [-0.2, -0.15) is 0 Å². The molecule has 0 saturated heterocycles. The van der Waals surface area contributed by atoms with E-state index in [9.17, 15) is 4.79 Å². The molecule has 0 saturated carbocycles. The van der Waals surface area contributed by atoms with Gasteiger partial charge in [-0.05, 0) is 23.6 Å². The normalized spacial score (nSPS) is 16.3. The van der Waals surface area contributed by atoms with Gasteiger partial charge < -0.3 is 14.8 Å². The molecule has 2 heterocycles. The first-order valence-corrected chi connectivity index (χ1v) is 11.0. The summed E-state index contributed by atoms with van der Waals surface area (Å²) in [7, 11) is 1.67. The van der Waals surface area contributed by atoms with Gasteiger partial charge in [-0.1, -0.05) is 48.0 Å². The average molecular weight is 443 g/mol. The van der Waals surface area contributed by atoms with Crippen molar-refractivity contribution in [2.75, 3.05) is 26.7 Å². The first kappa shape index (κ1) is 20.7. The Balaban J connectivity index is 1.49. The Hall–Kier alpha value is -2.54. The molecule has 0 unspecified atom stereocenters. The number of ether oxygens (including phenoxy) is 2. The van der Waals surface area contributed by atoms with Gasteiger partial charge in [-0.25, -0.2) is 0 Å². The van der Waals surface area contributed by atoms with Crippen LogP contribution in [-0.2, 0) is 6.54 Å². The fraction of sp³-hybridized carbons (Fsp3) is 0.261. The van der Waals surface area contributed by atoms with Crippen LogP contribution in [0.3, 0.4) is 0 Å². The Morgan fingerprint density at radius 2 is 2.03 bits per heavy atom. The Labute approximate surface area is 185 Å². The number of amides is 1. The summed E-state index contributed by atoms with van der Waals surface area (Å²) >= 11 is 7.41. The van der Waals surface area contributed by atoms with E-state index in [1.807, 2.05) is 47.8 Å². The van der Waals surface area contributed by atoms with Crippen LogP contribution in [0, 0.1) is 0 Å². The molecule has 2 aromatic carbocycles. The van der Waals surface area contributed by atoms with Crippen LogP contribution in [0.25, 0.3) is 0 Å². The second kappa shape index (κ2) is 9.51. The summed E-state index contributed by atoms with van der Waals surface area (Å²) in [4.78, 5) is 15.2. The zero-order chi connectivity index (χ0) is 20.9. The lowest BCUT2D eigenvalue weighted by atomic mass is 10.1. The number of thiophene rings is 1. The van der Waals surface area contributed by atoms with E-state index in [1.54, 1.807) is 13.2 Å². The SMILES string of the molecule is COc1ccccc1[C@H]1CN(CCNC(=O)c2sccc2Cl)Cc2ccccc2O1. The first-order valence-electron chi connectivity index (χ1n) is 9.76. The van der Waals surface area contributed by atoms with Crippen molar-refractivity contribution in [2.24, 2.45) is 0 Å². The number of hydrogen-bond acceptors (Lipinski definition) is 5. The Bertz CT molecular complexity index is 1020. The third-order valence-corrected chi connectivity index (χ3v) is 6.42. The summed E-state index contributed by atoms with van der Waals surface area (Å²) in [5.74, 6) is 1.55. The summed E-state index contributed by atoms with van der Waals surface area (Å²) in [6.45, 7) is 2.65. The average Bonchev–Trinajstić information content (AvgIpc) is 3.10. The lowest BCUT2D eigenvalue weighted by Crippen LogP contribution is -2.36. The van der Waals surface area contributed by atoms with E-state index in [2.05, 4.69) is 16.3 Å². The molecule has 3 aromatic rings. The standard InChI is InChI=1S/C23H23ClN2O3S/c1-28-20-9-5-3-7-17(20)21-15-26(14-16-6-2-4-8-19(16)29-21)12-11-25-23(27)22-18(24)10-13-30-22/h2-10,13,21H,11-12,14-15H2,1H3,(H,25,27)/t21-/m1/s1. The molecule has 0 fully saturated rings. The maximum Gasteiger partial charge on any atom is 0.262 e. The number of benzene rings is 2. The molecule has 1 aliphatic heterocycles. The maximum absolute atomic E-state index is 12.4. The number of halogens is 1. The van der Waals surface area contributed by atoms with E-state index >= 15 is 0 Å². The molecular formula is C23H23ClN2O3S. The second-order valence-corrected chi connectivity index (χ2v) is 8.37. The van der Waals surface area contributed by atoms with Crippen molar-refractivity contribution in [2.45, 2.75) is 12.6 Å². The minimum absolute atomic E-state index is 0.136. The Morgan fingerprint density at radius 1 is 1.23 bits per heavy atom. The van der Waals surface area contributed by atoms with E-state index in [0.717, 1.165) is 29.2 Å². The maximum atomic E-state index is 12.4. The number of carbonyl (C=O) groups excluding carboxylic acids is 1. The largest absolute Gasteiger partial charge is 0.496 e. The fourth-order valence-electron chi connectivity index (χ4n) is 3.61. The molecule has 1 N–H and O–H groups in total. The van der Waals surface area contributed by atoms with Gasteiger partial charge in [0.1, 0.15) is 22.5 Å². The molecule has 0 radical (unpaired) electrons. The molecular weight excluding hydrogens is 420 g/mol. The van der Waals surface area contributed by atoms with Gasteiger partial charge in [0.05, 0.1) is 12.1 Å². The van der Waals surface area contributed by atoms with Crippen molar-refractivity contribution >= 4 is 28.8 Å². The molecule has 1 atom stereocenters. The number of fused-ring (bicyclic) bond motifs is 1. The number of nitrogens with one attached hydrogen (secondary N) is 1. The summed E-state index contributed by atoms with van der Waals surface area (Å²) in [6.07, 6.45) is -0.174. The van der Waals surface area contributed by atoms with Crippen LogP contribution < -0.4 is 14.8 Å². The van der Waals surface area contributed by atoms with Gasteiger partial charge in [-0.15, -0.1) is 11.3 Å². The predicted molar refractivity (Wildman–Crippen MR) is 120 cm³/mol. The molecule has 7 heteroatoms. The number of nitrogens with zero attached hydrogens (tertiary/aromatic N) is 1. The highest BCUT2D eigenvalue weighted by Gasteiger charge is 2.26. The fourth-order valence-corrected chi connectivity index (χ4v) is 4.67. The van der Waals surface area contributed by atoms with E-state index in [0.29, 0.717) is 29.5 Å². The summed E-state index contributed by atoms with van der Waals surface area (Å²) in [5.41, 5.74) is 2.14. The van der Waals surface area contributed by atoms with Crippen molar-refractivity contribution in [3.8, 4) is 11.5 Å². The van der Waals surface area contributed by atoms with E-state index in [-0.39, 0.29) is 12.0 Å². The number of hydrogen-bond donors (Lipinski definition) is 1. The van der Waals surface area contributed by atoms with Crippen molar-refractivity contribution in [3.63, 3.8) is 0 Å². The lowest BCUT2D eigenvalue weighted by Gasteiger charge is -2.25. The number of rotatable bonds is 6. The highest BCUT2D eigenvalue weighted by atomic mass is 35.5. The van der Waals surface area contributed by atoms with Crippen LogP contribution >= 0.6 is 22.9 Å². The Kier molecular flexibility index (Phi) is 6.57. The highest BCUT2D eigenvalue weighted by Crippen LogP contribution is 2.34. The minimum Gasteiger partial charge on any atom is -0.496 e. The van der Waals surface area contributed by atoms with E-state index in [1.165, 1.54) is 11.3 Å². The van der Waals surface area contributed by atoms with Crippen molar-refractivity contribution < 1.29 is 14.3 Å². The van der Waals surface area contributed by atoms with Crippen molar-refractivity contribution in [1.82, 2.24) is 10.2 Å². The molecule has 0 bridgehead atoms. The van der Waals surface area contributed by atoms with Crippen LogP contribution in [-0.4, -0.2) is 37.6 Å². The van der Waals surface area contributed by atoms with E-state index < -0.39 is 0 Å². The zero-order valence-electron chi connectivity index (χ0n) is 16.6. The van der Waals surface area contributed by atoms with Gasteiger partial charge in [0.15, 0.2) is 0 Å². The number of methoxy groups -OCH3 is 1. The zero-order valence-corrected chi connectivity index (χ0v) is 18.2. The molecule has 156 valence electrons. The monoisotopic (exact) mass is 442 g/mol. The van der Waals surface area contributed by atoms with Crippen molar-refractivity contribution in [1.29, 1.82) is 0 Å². The quantitative estimate of drug-likeness (QED) is 0.597. The molecule has 5 nitrogen and oxygen atoms in total. The van der Waals surface area contributed by atoms with E-state index in [4.69, 9.17) is 21.1 Å². The van der Waals surface area contributed by atoms with Crippen LogP contribution in [0.2, 0.25) is 5.02 Å². The van der Waals surface area contributed by atoms with Gasteiger partial charge in [-0.3, -0.25) is 9.69 Å². The summed E-state index contributed by atoms with van der Waals surface area (Å²) in [5, 5.41) is 5.28. The smallest absolute Gasteiger partial charge is 0.262 e. The van der Waals surface area contributed by atoms with Crippen LogP contribution in [0.4, 0.5) is 0 Å². The minimum atomic E-state index is -0.174. The summed E-state index contributed by atoms with van der Waals surface area (Å²) < 4.78 is 12.0. The molecule has 0 aliphatic carbocycles. The molecule has 30 heavy (non-hydrogen) atoms. The van der Waals surface area contributed by atoms with Crippen LogP contribution in [0.5, 0.6) is 11.5 Å². The molecule has 4 rings (SSSR count). The highest BCUT2D eigenvalue weighted by molar-refractivity contribution is 7.12. The third kappa shape index (κ3) is 4.61. The van der Waals surface area contributed by atoms with Gasteiger partial charge in [0.25, 0.3) is 5.91 Å². The van der Waals surface area contributed by atoms with Gasteiger partial charge in [0.2, 0.25) is 0 Å². The summed E-state index contributed by atoms with van der Waals surface area (Å²) in [6, 6.07) is 17.8. The van der Waals surface area contributed by atoms with Gasteiger partial charge in [0, 0.05) is 37.3 Å². The van der Waals surface area contributed by atoms with Crippen LogP contribution in [0.15, 0.2) is 60.0 Å².